The molecule has 1 aliphatic carbocycles. The third kappa shape index (κ3) is 7.06. The highest BCUT2D eigenvalue weighted by atomic mass is 16.4. The van der Waals surface area contributed by atoms with Crippen molar-refractivity contribution in [3.63, 3.8) is 0 Å². The maximum absolute atomic E-state index is 14.3. The van der Waals surface area contributed by atoms with Crippen LogP contribution in [0.3, 0.4) is 0 Å². The zero-order valence-electron chi connectivity index (χ0n) is 26.4. The molecule has 3 heterocycles. The molecule has 1 atom stereocenters. The van der Waals surface area contributed by atoms with Crippen LogP contribution in [0.15, 0.2) is 54.6 Å². The number of amides is 2. The summed E-state index contributed by atoms with van der Waals surface area (Å²) in [6.07, 6.45) is 8.61. The zero-order valence-corrected chi connectivity index (χ0v) is 26.4. The van der Waals surface area contributed by atoms with Crippen molar-refractivity contribution in [1.29, 1.82) is 0 Å². The lowest BCUT2D eigenvalue weighted by atomic mass is 9.84. The fourth-order valence-corrected chi connectivity index (χ4v) is 7.70. The Morgan fingerprint density at radius 3 is 2.18 bits per heavy atom. The molecular weight excluding hydrogens is 564 g/mol. The fourth-order valence-electron chi connectivity index (χ4n) is 7.70. The minimum Gasteiger partial charge on any atom is -0.481 e. The van der Waals surface area contributed by atoms with Crippen molar-refractivity contribution in [2.45, 2.75) is 77.3 Å². The van der Waals surface area contributed by atoms with Gasteiger partial charge in [0.15, 0.2) is 0 Å². The van der Waals surface area contributed by atoms with Gasteiger partial charge in [0.2, 0.25) is 5.91 Å². The summed E-state index contributed by atoms with van der Waals surface area (Å²) in [7, 11) is 0. The Bertz CT molecular complexity index is 1500. The predicted molar refractivity (Wildman–Crippen MR) is 176 cm³/mol. The van der Waals surface area contributed by atoms with Gasteiger partial charge in [-0.25, -0.2) is 4.98 Å². The average molecular weight is 611 g/mol. The van der Waals surface area contributed by atoms with Crippen molar-refractivity contribution in [3.8, 4) is 11.3 Å². The van der Waals surface area contributed by atoms with E-state index in [4.69, 9.17) is 4.98 Å². The van der Waals surface area contributed by atoms with Crippen LogP contribution in [0.1, 0.15) is 80.6 Å². The van der Waals surface area contributed by atoms with Crippen LogP contribution in [0, 0.1) is 17.8 Å². The van der Waals surface area contributed by atoms with E-state index in [1.165, 1.54) is 19.3 Å². The van der Waals surface area contributed by atoms with Crippen molar-refractivity contribution in [2.24, 2.45) is 17.8 Å². The van der Waals surface area contributed by atoms with Gasteiger partial charge in [-0.15, -0.1) is 0 Å². The molecule has 238 valence electrons. The van der Waals surface area contributed by atoms with Gasteiger partial charge in [0.25, 0.3) is 5.91 Å². The molecular formula is C37H46N4O4. The minimum absolute atomic E-state index is 0.0336. The van der Waals surface area contributed by atoms with E-state index in [0.29, 0.717) is 44.0 Å². The van der Waals surface area contributed by atoms with Crippen LogP contribution in [-0.2, 0) is 16.1 Å². The normalized spacial score (nSPS) is 19.8. The van der Waals surface area contributed by atoms with Crippen LogP contribution in [0.2, 0.25) is 0 Å². The molecule has 1 saturated carbocycles. The number of carboxylic acid groups (broad SMARTS) is 1. The van der Waals surface area contributed by atoms with Crippen molar-refractivity contribution in [3.05, 3.63) is 65.7 Å². The van der Waals surface area contributed by atoms with E-state index >= 15 is 0 Å². The van der Waals surface area contributed by atoms with Crippen LogP contribution >= 0.6 is 0 Å². The van der Waals surface area contributed by atoms with E-state index in [9.17, 15) is 19.5 Å². The monoisotopic (exact) mass is 610 g/mol. The number of carbonyl (C=O) groups excluding carboxylic acids is 2. The second-order valence-electron chi connectivity index (χ2n) is 13.3. The quantitative estimate of drug-likeness (QED) is 0.318. The Kier molecular flexibility index (Phi) is 9.79. The third-order valence-electron chi connectivity index (χ3n) is 10.5. The van der Waals surface area contributed by atoms with E-state index in [0.717, 1.165) is 66.5 Å². The van der Waals surface area contributed by atoms with Crippen LogP contribution in [0.5, 0.6) is 0 Å². The topological polar surface area (TPSA) is 103 Å². The van der Waals surface area contributed by atoms with E-state index in [1.54, 1.807) is 0 Å². The number of nitrogens with zero attached hydrogens (tertiary/aromatic N) is 3. The van der Waals surface area contributed by atoms with Gasteiger partial charge < -0.3 is 15.3 Å². The number of nitrogens with one attached hydrogen (secondary N) is 1. The van der Waals surface area contributed by atoms with Crippen molar-refractivity contribution >= 4 is 28.7 Å². The lowest BCUT2D eigenvalue weighted by Crippen LogP contribution is -2.46. The molecule has 2 amide bonds. The third-order valence-corrected chi connectivity index (χ3v) is 10.5. The Morgan fingerprint density at radius 1 is 0.844 bits per heavy atom. The van der Waals surface area contributed by atoms with Crippen LogP contribution < -0.4 is 5.32 Å². The van der Waals surface area contributed by atoms with Crippen molar-refractivity contribution < 1.29 is 19.5 Å². The molecule has 1 unspecified atom stereocenters. The van der Waals surface area contributed by atoms with Gasteiger partial charge in [-0.2, -0.15) is 0 Å². The van der Waals surface area contributed by atoms with Gasteiger partial charge in [-0.05, 0) is 70.5 Å². The number of fused-ring (bicyclic) bond motifs is 1. The molecule has 1 aromatic heterocycles. The Labute approximate surface area is 266 Å². The first-order valence-electron chi connectivity index (χ1n) is 16.9. The summed E-state index contributed by atoms with van der Waals surface area (Å²) in [5.41, 5.74) is 4.29. The SMILES string of the molecule is CC(NC(=O)c1c(CN2CCC(C(=O)N3CCC(C(=O)O)CC3)CC2)c(-c2ccccc2)nc2ccccc12)C1CCCCC1. The molecule has 2 aromatic carbocycles. The summed E-state index contributed by atoms with van der Waals surface area (Å²) in [6, 6.07) is 18.2. The highest BCUT2D eigenvalue weighted by Crippen LogP contribution is 2.34. The van der Waals surface area contributed by atoms with Gasteiger partial charge in [0.05, 0.1) is 22.7 Å². The Morgan fingerprint density at radius 2 is 1.49 bits per heavy atom. The second-order valence-corrected chi connectivity index (χ2v) is 13.3. The summed E-state index contributed by atoms with van der Waals surface area (Å²) in [5, 5.41) is 13.6. The van der Waals surface area contributed by atoms with E-state index < -0.39 is 5.97 Å². The molecule has 45 heavy (non-hydrogen) atoms. The minimum atomic E-state index is -0.759. The van der Waals surface area contributed by atoms with Gasteiger partial charge >= 0.3 is 5.97 Å². The smallest absolute Gasteiger partial charge is 0.306 e. The molecule has 3 fully saturated rings. The van der Waals surface area contributed by atoms with E-state index in [1.807, 2.05) is 47.4 Å². The lowest BCUT2D eigenvalue weighted by molar-refractivity contribution is -0.147. The van der Waals surface area contributed by atoms with Crippen LogP contribution in [-0.4, -0.2) is 69.9 Å². The van der Waals surface area contributed by atoms with E-state index in [-0.39, 0.29) is 29.7 Å². The van der Waals surface area contributed by atoms with E-state index in [2.05, 4.69) is 29.3 Å². The van der Waals surface area contributed by atoms with Crippen molar-refractivity contribution in [2.75, 3.05) is 26.2 Å². The molecule has 3 aliphatic rings. The molecule has 0 radical (unpaired) electrons. The lowest BCUT2D eigenvalue weighted by Gasteiger charge is -2.37. The first kappa shape index (κ1) is 31.2. The summed E-state index contributed by atoms with van der Waals surface area (Å²) in [6.45, 7) is 5.29. The molecule has 2 aliphatic heterocycles. The summed E-state index contributed by atoms with van der Waals surface area (Å²) in [4.78, 5) is 48.4. The maximum Gasteiger partial charge on any atom is 0.306 e. The number of piperidine rings is 2. The average Bonchev–Trinajstić information content (AvgIpc) is 3.08. The summed E-state index contributed by atoms with van der Waals surface area (Å²) >= 11 is 0. The number of hydrogen-bond donors (Lipinski definition) is 2. The fraction of sp³-hybridized carbons (Fsp3) is 0.514. The molecule has 0 spiro atoms. The summed E-state index contributed by atoms with van der Waals surface area (Å²) in [5.74, 6) is -0.530. The molecule has 8 heteroatoms. The first-order valence-corrected chi connectivity index (χ1v) is 16.9. The number of hydrogen-bond acceptors (Lipinski definition) is 5. The molecule has 6 rings (SSSR count). The van der Waals surface area contributed by atoms with Gasteiger partial charge in [0.1, 0.15) is 0 Å². The molecule has 2 N–H and O–H groups in total. The number of carbonyl (C=O) groups is 3. The van der Waals surface area contributed by atoms with Gasteiger partial charge in [0, 0.05) is 48.1 Å². The zero-order chi connectivity index (χ0) is 31.3. The Balaban J connectivity index is 1.25. The van der Waals surface area contributed by atoms with Crippen molar-refractivity contribution in [1.82, 2.24) is 20.1 Å². The largest absolute Gasteiger partial charge is 0.481 e. The summed E-state index contributed by atoms with van der Waals surface area (Å²) < 4.78 is 0. The molecule has 3 aromatic rings. The number of benzene rings is 2. The van der Waals surface area contributed by atoms with Crippen LogP contribution in [0.25, 0.3) is 22.2 Å². The number of para-hydroxylation sites is 1. The molecule has 8 nitrogen and oxygen atoms in total. The van der Waals surface area contributed by atoms with Gasteiger partial charge in [-0.3, -0.25) is 19.3 Å². The first-order chi connectivity index (χ1) is 21.9. The Hall–Kier alpha value is -3.78. The highest BCUT2D eigenvalue weighted by molar-refractivity contribution is 6.09. The number of likely N-dealkylation sites (tertiary alicyclic amines) is 2. The molecule has 0 bridgehead atoms. The highest BCUT2D eigenvalue weighted by Gasteiger charge is 2.34. The number of rotatable bonds is 8. The number of aliphatic carboxylic acids is 1. The van der Waals surface area contributed by atoms with Gasteiger partial charge in [-0.1, -0.05) is 67.8 Å². The molecule has 2 saturated heterocycles. The van der Waals surface area contributed by atoms with Crippen LogP contribution in [0.4, 0.5) is 0 Å². The standard InChI is InChI=1S/C37H46N4O4/c1-25(26-10-4-2-5-11-26)38-35(42)33-30-14-8-9-15-32(30)39-34(27-12-6-3-7-13-27)31(33)24-40-20-16-28(17-21-40)36(43)41-22-18-29(19-23-41)37(44)45/h3,6-9,12-15,25-26,28-29H,2,4-5,10-11,16-24H2,1H3,(H,38,42)(H,44,45). The number of carboxylic acids is 1. The number of aromatic nitrogens is 1. The second kappa shape index (κ2) is 14.1. The predicted octanol–water partition coefficient (Wildman–Crippen LogP) is 6.14. The maximum atomic E-state index is 14.3. The number of pyridine rings is 1.